The van der Waals surface area contributed by atoms with Crippen LogP contribution in [0.4, 0.5) is 10.2 Å². The van der Waals surface area contributed by atoms with E-state index in [0.717, 1.165) is 10.9 Å². The van der Waals surface area contributed by atoms with E-state index in [4.69, 9.17) is 11.0 Å². The van der Waals surface area contributed by atoms with Crippen LogP contribution in [0, 0.1) is 18.3 Å². The van der Waals surface area contributed by atoms with Gasteiger partial charge in [0, 0.05) is 29.8 Å². The van der Waals surface area contributed by atoms with Crippen molar-refractivity contribution >= 4 is 28.8 Å². The number of allylic oxidation sites excluding steroid dienone is 1. The number of nitrogen functional groups attached to an aromatic ring is 1. The summed E-state index contributed by atoms with van der Waals surface area (Å²) in [4.78, 5) is 27.7. The largest absolute Gasteiger partial charge is 0.383 e. The summed E-state index contributed by atoms with van der Waals surface area (Å²) in [7, 11) is 0. The van der Waals surface area contributed by atoms with E-state index in [0.29, 0.717) is 34.6 Å². The molecule has 0 saturated carbocycles. The zero-order valence-corrected chi connectivity index (χ0v) is 17.5. The second-order valence-corrected chi connectivity index (χ2v) is 7.61. The fourth-order valence-electron chi connectivity index (χ4n) is 3.48. The monoisotopic (exact) mass is 428 g/mol. The van der Waals surface area contributed by atoms with Crippen LogP contribution in [0.5, 0.6) is 0 Å². The molecule has 2 N–H and O–H groups in total. The normalized spacial score (nSPS) is 13.3. The summed E-state index contributed by atoms with van der Waals surface area (Å²) < 4.78 is 14.4. The van der Waals surface area contributed by atoms with Crippen LogP contribution in [-0.4, -0.2) is 33.5 Å². The van der Waals surface area contributed by atoms with Gasteiger partial charge < -0.3 is 10.6 Å². The molecule has 0 radical (unpaired) electrons. The van der Waals surface area contributed by atoms with E-state index in [1.165, 1.54) is 11.1 Å². The lowest BCUT2D eigenvalue weighted by Crippen LogP contribution is -2.33. The maximum absolute atomic E-state index is 14.4. The third kappa shape index (κ3) is 4.47. The minimum absolute atomic E-state index is 0.0138. The Bertz CT molecular complexity index is 1290. The Morgan fingerprint density at radius 3 is 2.81 bits per heavy atom. The standard InChI is InChI=1S/C24H21FN6O/c1-15-9-18-10-17(5-7-21(18)30-23(15)27)24(32)31(14-22-20(25)3-2-8-28-22)13-19-6-4-16(11-26)12-29-19/h4-10,12H,2-3,13-14H2,1H3,(H2,27,30). The van der Waals surface area contributed by atoms with Crippen molar-refractivity contribution in [2.75, 3.05) is 12.3 Å². The van der Waals surface area contributed by atoms with Gasteiger partial charge in [0.25, 0.3) is 5.91 Å². The Kier molecular flexibility index (Phi) is 5.90. The van der Waals surface area contributed by atoms with Gasteiger partial charge in [-0.25, -0.2) is 9.37 Å². The van der Waals surface area contributed by atoms with Crippen molar-refractivity contribution in [3.05, 3.63) is 76.5 Å². The van der Waals surface area contributed by atoms with Gasteiger partial charge in [-0.15, -0.1) is 0 Å². The number of nitrogens with two attached hydrogens (primary N) is 1. The molecule has 1 aliphatic rings. The van der Waals surface area contributed by atoms with Crippen LogP contribution in [0.1, 0.15) is 40.0 Å². The molecular weight excluding hydrogens is 407 g/mol. The van der Waals surface area contributed by atoms with Gasteiger partial charge in [0.05, 0.1) is 35.6 Å². The van der Waals surface area contributed by atoms with Crippen molar-refractivity contribution in [1.29, 1.82) is 5.26 Å². The molecule has 4 rings (SSSR count). The summed E-state index contributed by atoms with van der Waals surface area (Å²) >= 11 is 0. The van der Waals surface area contributed by atoms with Crippen molar-refractivity contribution in [3.8, 4) is 6.07 Å². The number of nitrogens with zero attached hydrogens (tertiary/aromatic N) is 5. The van der Waals surface area contributed by atoms with Crippen molar-refractivity contribution in [2.45, 2.75) is 26.3 Å². The molecule has 160 valence electrons. The predicted octanol–water partition coefficient (Wildman–Crippen LogP) is 4.08. The lowest BCUT2D eigenvalue weighted by Gasteiger charge is -2.24. The number of pyridine rings is 2. The van der Waals surface area contributed by atoms with Gasteiger partial charge in [-0.2, -0.15) is 5.26 Å². The zero-order chi connectivity index (χ0) is 22.7. The van der Waals surface area contributed by atoms with Crippen LogP contribution in [-0.2, 0) is 6.54 Å². The van der Waals surface area contributed by atoms with Gasteiger partial charge in [0.15, 0.2) is 0 Å². The summed E-state index contributed by atoms with van der Waals surface area (Å²) in [6.45, 7) is 2.02. The van der Waals surface area contributed by atoms with E-state index in [1.807, 2.05) is 19.1 Å². The fourth-order valence-corrected chi connectivity index (χ4v) is 3.48. The highest BCUT2D eigenvalue weighted by Gasteiger charge is 2.21. The summed E-state index contributed by atoms with van der Waals surface area (Å²) in [5, 5.41) is 9.78. The second kappa shape index (κ2) is 8.94. The van der Waals surface area contributed by atoms with Crippen molar-refractivity contribution in [2.24, 2.45) is 4.99 Å². The molecule has 0 saturated heterocycles. The van der Waals surface area contributed by atoms with Crippen LogP contribution in [0.3, 0.4) is 0 Å². The number of halogens is 1. The molecule has 8 heteroatoms. The SMILES string of the molecule is Cc1cc2cc(C(=O)N(CC3=C(F)CCC=N3)Cc3ccc(C#N)cn3)ccc2nc1N. The molecule has 0 fully saturated rings. The van der Waals surface area contributed by atoms with E-state index >= 15 is 0 Å². The van der Waals surface area contributed by atoms with Gasteiger partial charge in [-0.05, 0) is 55.3 Å². The molecule has 3 heterocycles. The number of amides is 1. The van der Waals surface area contributed by atoms with Crippen LogP contribution >= 0.6 is 0 Å². The first-order valence-corrected chi connectivity index (χ1v) is 10.2. The predicted molar refractivity (Wildman–Crippen MR) is 120 cm³/mol. The number of hydrogen-bond donors (Lipinski definition) is 1. The van der Waals surface area contributed by atoms with E-state index in [-0.39, 0.29) is 36.9 Å². The highest BCUT2D eigenvalue weighted by Crippen LogP contribution is 2.23. The molecule has 0 spiro atoms. The van der Waals surface area contributed by atoms with E-state index in [2.05, 4.69) is 15.0 Å². The third-order valence-corrected chi connectivity index (χ3v) is 5.28. The van der Waals surface area contributed by atoms with Gasteiger partial charge >= 0.3 is 0 Å². The number of carbonyl (C=O) groups excluding carboxylic acids is 1. The van der Waals surface area contributed by atoms with Gasteiger partial charge in [0.2, 0.25) is 0 Å². The van der Waals surface area contributed by atoms with E-state index in [1.54, 1.807) is 36.5 Å². The highest BCUT2D eigenvalue weighted by atomic mass is 19.1. The molecule has 2 aromatic heterocycles. The number of aryl methyl sites for hydroxylation is 1. The third-order valence-electron chi connectivity index (χ3n) is 5.28. The topological polar surface area (TPSA) is 108 Å². The molecule has 1 aliphatic heterocycles. The molecule has 0 unspecified atom stereocenters. The quantitative estimate of drug-likeness (QED) is 0.659. The number of hydrogen-bond acceptors (Lipinski definition) is 6. The maximum Gasteiger partial charge on any atom is 0.254 e. The highest BCUT2D eigenvalue weighted by molar-refractivity contribution is 5.98. The van der Waals surface area contributed by atoms with Crippen LogP contribution < -0.4 is 5.73 Å². The first-order chi connectivity index (χ1) is 15.4. The number of aliphatic imine (C=N–C) groups is 1. The molecule has 1 amide bonds. The average Bonchev–Trinajstić information content (AvgIpc) is 2.80. The summed E-state index contributed by atoms with van der Waals surface area (Å²) in [5.74, 6) is -0.150. The molecule has 3 aromatic rings. The number of aromatic nitrogens is 2. The average molecular weight is 428 g/mol. The molecule has 32 heavy (non-hydrogen) atoms. The molecule has 0 aliphatic carbocycles. The minimum Gasteiger partial charge on any atom is -0.383 e. The smallest absolute Gasteiger partial charge is 0.254 e. The molecule has 0 bridgehead atoms. The van der Waals surface area contributed by atoms with Crippen molar-refractivity contribution in [1.82, 2.24) is 14.9 Å². The van der Waals surface area contributed by atoms with Gasteiger partial charge in [0.1, 0.15) is 17.7 Å². The van der Waals surface area contributed by atoms with Crippen LogP contribution in [0.25, 0.3) is 10.9 Å². The number of benzene rings is 1. The zero-order valence-electron chi connectivity index (χ0n) is 17.5. The lowest BCUT2D eigenvalue weighted by molar-refractivity contribution is 0.0755. The van der Waals surface area contributed by atoms with Gasteiger partial charge in [-0.3, -0.25) is 14.8 Å². The Morgan fingerprint density at radius 2 is 2.09 bits per heavy atom. The first kappa shape index (κ1) is 21.1. The lowest BCUT2D eigenvalue weighted by atomic mass is 10.1. The summed E-state index contributed by atoms with van der Waals surface area (Å²) in [6.07, 6.45) is 3.93. The van der Waals surface area contributed by atoms with Crippen molar-refractivity contribution < 1.29 is 9.18 Å². The van der Waals surface area contributed by atoms with Crippen molar-refractivity contribution in [3.63, 3.8) is 0 Å². The summed E-state index contributed by atoms with van der Waals surface area (Å²) in [6, 6.07) is 12.4. The Hall–Kier alpha value is -4.12. The minimum atomic E-state index is -0.313. The molecule has 0 atom stereocenters. The van der Waals surface area contributed by atoms with E-state index < -0.39 is 0 Å². The Balaban J connectivity index is 1.68. The number of nitriles is 1. The fraction of sp³-hybridized carbons (Fsp3) is 0.208. The number of fused-ring (bicyclic) bond motifs is 1. The number of anilines is 1. The number of rotatable bonds is 5. The summed E-state index contributed by atoms with van der Waals surface area (Å²) in [5.41, 5.74) is 9.10. The van der Waals surface area contributed by atoms with E-state index in [9.17, 15) is 9.18 Å². The number of carbonyl (C=O) groups is 1. The van der Waals surface area contributed by atoms with Gasteiger partial charge in [-0.1, -0.05) is 0 Å². The van der Waals surface area contributed by atoms with Crippen LogP contribution in [0.2, 0.25) is 0 Å². The van der Waals surface area contributed by atoms with Crippen LogP contribution in [0.15, 0.2) is 59.1 Å². The Morgan fingerprint density at radius 1 is 1.25 bits per heavy atom. The molecule has 1 aromatic carbocycles. The second-order valence-electron chi connectivity index (χ2n) is 7.61. The Labute approximate surface area is 184 Å². The first-order valence-electron chi connectivity index (χ1n) is 10.2. The molecule has 7 nitrogen and oxygen atoms in total. The maximum atomic E-state index is 14.4. The molecular formula is C24H21FN6O.